The van der Waals surface area contributed by atoms with Crippen LogP contribution >= 0.6 is 0 Å². The number of para-hydroxylation sites is 1. The lowest BCUT2D eigenvalue weighted by atomic mass is 9.83. The Labute approximate surface area is 125 Å². The minimum atomic E-state index is -0.675. The quantitative estimate of drug-likeness (QED) is 0.474. The van der Waals surface area contributed by atoms with Gasteiger partial charge in [-0.1, -0.05) is 32.9 Å². The van der Waals surface area contributed by atoms with Crippen LogP contribution in [0.25, 0.3) is 0 Å². The highest BCUT2D eigenvalue weighted by molar-refractivity contribution is 5.75. The molecule has 0 aromatic heterocycles. The molecule has 0 heterocycles. The number of benzene rings is 1. The Morgan fingerprint density at radius 2 is 1.67 bits per heavy atom. The van der Waals surface area contributed by atoms with Gasteiger partial charge in [0.15, 0.2) is 0 Å². The molecule has 1 aromatic carbocycles. The number of rotatable bonds is 3. The first-order valence-electron chi connectivity index (χ1n) is 6.89. The number of ether oxygens (including phenoxy) is 1. The molecule has 1 aromatic rings. The predicted molar refractivity (Wildman–Crippen MR) is 80.8 cm³/mol. The molecule has 0 N–H and O–H groups in total. The lowest BCUT2D eigenvalue weighted by Crippen LogP contribution is -2.30. The van der Waals surface area contributed by atoms with Crippen molar-refractivity contribution in [2.24, 2.45) is 10.8 Å². The summed E-state index contributed by atoms with van der Waals surface area (Å²) in [5, 5.41) is 11.2. The topological polar surface area (TPSA) is 69.4 Å². The van der Waals surface area contributed by atoms with Gasteiger partial charge in [0.25, 0.3) is 5.69 Å². The van der Waals surface area contributed by atoms with E-state index in [1.54, 1.807) is 39.0 Å². The van der Waals surface area contributed by atoms with Crippen molar-refractivity contribution in [3.05, 3.63) is 39.9 Å². The van der Waals surface area contributed by atoms with Gasteiger partial charge in [-0.2, -0.15) is 0 Å². The van der Waals surface area contributed by atoms with Gasteiger partial charge < -0.3 is 4.74 Å². The molecule has 0 fully saturated rings. The second kappa shape index (κ2) is 5.84. The first-order chi connectivity index (χ1) is 9.44. The Balaban J connectivity index is 3.29. The standard InChI is InChI=1S/C16H23NO4/c1-15(2,3)13(21-14(18)16(4,5)6)11-9-7-8-10-12(11)17(19)20/h7-10,13H,1-6H3. The van der Waals surface area contributed by atoms with Gasteiger partial charge in [0.05, 0.1) is 15.9 Å². The number of hydrogen-bond donors (Lipinski definition) is 0. The Morgan fingerprint density at radius 1 is 1.14 bits per heavy atom. The van der Waals surface area contributed by atoms with Crippen molar-refractivity contribution >= 4 is 11.7 Å². The van der Waals surface area contributed by atoms with Gasteiger partial charge in [-0.3, -0.25) is 14.9 Å². The average Bonchev–Trinajstić information content (AvgIpc) is 2.32. The Morgan fingerprint density at radius 3 is 2.10 bits per heavy atom. The third kappa shape index (κ3) is 4.28. The first kappa shape index (κ1) is 17.1. The number of carbonyl (C=O) groups is 1. The van der Waals surface area contributed by atoms with Crippen LogP contribution in [0.1, 0.15) is 53.2 Å². The Hall–Kier alpha value is -1.91. The highest BCUT2D eigenvalue weighted by atomic mass is 16.6. The van der Waals surface area contributed by atoms with E-state index in [0.29, 0.717) is 5.56 Å². The third-order valence-corrected chi connectivity index (χ3v) is 3.04. The van der Waals surface area contributed by atoms with Gasteiger partial charge in [-0.05, 0) is 26.8 Å². The normalized spacial score (nSPS) is 13.6. The van der Waals surface area contributed by atoms with Crippen molar-refractivity contribution in [2.75, 3.05) is 0 Å². The highest BCUT2D eigenvalue weighted by Gasteiger charge is 2.37. The smallest absolute Gasteiger partial charge is 0.311 e. The number of carbonyl (C=O) groups excluding carboxylic acids is 1. The summed E-state index contributed by atoms with van der Waals surface area (Å²) in [5.41, 5.74) is -0.716. The van der Waals surface area contributed by atoms with E-state index < -0.39 is 21.9 Å². The van der Waals surface area contributed by atoms with E-state index in [1.165, 1.54) is 6.07 Å². The molecule has 116 valence electrons. The second-order valence-electron chi connectivity index (χ2n) is 7.22. The van der Waals surface area contributed by atoms with E-state index in [0.717, 1.165) is 0 Å². The van der Waals surface area contributed by atoms with Crippen LogP contribution in [0.5, 0.6) is 0 Å². The van der Waals surface area contributed by atoms with E-state index in [-0.39, 0.29) is 11.7 Å². The fourth-order valence-electron chi connectivity index (χ4n) is 1.87. The second-order valence-corrected chi connectivity index (χ2v) is 7.22. The van der Waals surface area contributed by atoms with Crippen molar-refractivity contribution in [1.29, 1.82) is 0 Å². The molecule has 0 bridgehead atoms. The molecule has 0 amide bonds. The van der Waals surface area contributed by atoms with Crippen LogP contribution in [0, 0.1) is 20.9 Å². The van der Waals surface area contributed by atoms with Crippen LogP contribution in [0.2, 0.25) is 0 Å². The summed E-state index contributed by atoms with van der Waals surface area (Å²) in [7, 11) is 0. The van der Waals surface area contributed by atoms with Crippen molar-refractivity contribution in [1.82, 2.24) is 0 Å². The number of nitro benzene ring substituents is 1. The SMILES string of the molecule is CC(C)(C)C(=O)OC(c1ccccc1[N+](=O)[O-])C(C)(C)C. The van der Waals surface area contributed by atoms with E-state index in [1.807, 2.05) is 20.8 Å². The zero-order valence-corrected chi connectivity index (χ0v) is 13.5. The van der Waals surface area contributed by atoms with Gasteiger partial charge in [-0.25, -0.2) is 0 Å². The van der Waals surface area contributed by atoms with Crippen LogP contribution in [0.3, 0.4) is 0 Å². The van der Waals surface area contributed by atoms with Crippen LogP contribution in [-0.4, -0.2) is 10.9 Å². The van der Waals surface area contributed by atoms with Gasteiger partial charge >= 0.3 is 5.97 Å². The minimum Gasteiger partial charge on any atom is -0.456 e. The summed E-state index contributed by atoms with van der Waals surface area (Å²) in [6.45, 7) is 11.0. The molecule has 0 aliphatic heterocycles. The number of nitro groups is 1. The van der Waals surface area contributed by atoms with E-state index in [2.05, 4.69) is 0 Å². The lowest BCUT2D eigenvalue weighted by molar-refractivity contribution is -0.386. The summed E-state index contributed by atoms with van der Waals surface area (Å²) >= 11 is 0. The summed E-state index contributed by atoms with van der Waals surface area (Å²) in [6.07, 6.45) is -0.675. The first-order valence-corrected chi connectivity index (χ1v) is 6.89. The minimum absolute atomic E-state index is 0.0286. The maximum Gasteiger partial charge on any atom is 0.311 e. The molecular formula is C16H23NO4. The van der Waals surface area contributed by atoms with Crippen molar-refractivity contribution < 1.29 is 14.5 Å². The highest BCUT2D eigenvalue weighted by Crippen LogP contribution is 2.41. The largest absolute Gasteiger partial charge is 0.456 e. The van der Waals surface area contributed by atoms with Crippen LogP contribution in [0.4, 0.5) is 5.69 Å². The Bertz CT molecular complexity index is 538. The van der Waals surface area contributed by atoms with Gasteiger partial charge in [0.2, 0.25) is 0 Å². The molecule has 0 radical (unpaired) electrons. The maximum absolute atomic E-state index is 12.2. The molecule has 1 unspecified atom stereocenters. The predicted octanol–water partition coefficient (Wildman–Crippen LogP) is 4.27. The third-order valence-electron chi connectivity index (χ3n) is 3.04. The van der Waals surface area contributed by atoms with Crippen molar-refractivity contribution in [3.8, 4) is 0 Å². The summed E-state index contributed by atoms with van der Waals surface area (Å²) < 4.78 is 5.61. The van der Waals surface area contributed by atoms with Crippen LogP contribution in [-0.2, 0) is 9.53 Å². The fraction of sp³-hybridized carbons (Fsp3) is 0.562. The molecule has 1 atom stereocenters. The molecule has 0 aliphatic rings. The number of esters is 1. The van der Waals surface area contributed by atoms with Crippen LogP contribution < -0.4 is 0 Å². The molecule has 0 aliphatic carbocycles. The van der Waals surface area contributed by atoms with E-state index in [4.69, 9.17) is 4.74 Å². The molecule has 21 heavy (non-hydrogen) atoms. The molecule has 1 rings (SSSR count). The number of nitrogens with zero attached hydrogens (tertiary/aromatic N) is 1. The maximum atomic E-state index is 12.2. The molecule has 0 spiro atoms. The zero-order chi connectivity index (χ0) is 16.4. The van der Waals surface area contributed by atoms with E-state index >= 15 is 0 Å². The lowest BCUT2D eigenvalue weighted by Gasteiger charge is -2.32. The monoisotopic (exact) mass is 293 g/mol. The van der Waals surface area contributed by atoms with E-state index in [9.17, 15) is 14.9 Å². The van der Waals surface area contributed by atoms with Gasteiger partial charge in [0.1, 0.15) is 6.10 Å². The average molecular weight is 293 g/mol. The van der Waals surface area contributed by atoms with Gasteiger partial charge in [-0.15, -0.1) is 0 Å². The molecular weight excluding hydrogens is 270 g/mol. The molecule has 5 nitrogen and oxygen atoms in total. The zero-order valence-electron chi connectivity index (χ0n) is 13.5. The molecule has 0 saturated heterocycles. The Kier molecular flexibility index (Phi) is 4.76. The number of hydrogen-bond acceptors (Lipinski definition) is 4. The summed E-state index contributed by atoms with van der Waals surface area (Å²) in [4.78, 5) is 22.9. The van der Waals surface area contributed by atoms with Gasteiger partial charge in [0, 0.05) is 11.5 Å². The fourth-order valence-corrected chi connectivity index (χ4v) is 1.87. The molecule has 0 saturated carbocycles. The van der Waals surface area contributed by atoms with Crippen molar-refractivity contribution in [2.45, 2.75) is 47.6 Å². The van der Waals surface area contributed by atoms with Crippen molar-refractivity contribution in [3.63, 3.8) is 0 Å². The van der Waals surface area contributed by atoms with Crippen LogP contribution in [0.15, 0.2) is 24.3 Å². The molecule has 5 heteroatoms. The summed E-state index contributed by atoms with van der Waals surface area (Å²) in [6, 6.07) is 6.39. The summed E-state index contributed by atoms with van der Waals surface area (Å²) in [5.74, 6) is -0.374.